The first-order valence-corrected chi connectivity index (χ1v) is 17.8. The Morgan fingerprint density at radius 3 is 2.76 bits per heavy atom. The summed E-state index contributed by atoms with van der Waals surface area (Å²) in [5, 5.41) is 9.27. The molecule has 0 bridgehead atoms. The average molecular weight is 730 g/mol. The highest BCUT2D eigenvalue weighted by molar-refractivity contribution is 7.23. The molecule has 0 aliphatic carbocycles. The molecule has 0 saturated carbocycles. The van der Waals surface area contributed by atoms with Crippen molar-refractivity contribution < 1.29 is 35.9 Å². The molecule has 0 unspecified atom stereocenters. The van der Waals surface area contributed by atoms with Crippen LogP contribution >= 0.6 is 11.3 Å². The predicted molar refractivity (Wildman–Crippen MR) is 179 cm³/mol. The molecule has 0 radical (unpaired) electrons. The summed E-state index contributed by atoms with van der Waals surface area (Å²) < 4.78 is 97.9. The van der Waals surface area contributed by atoms with Crippen molar-refractivity contribution in [2.45, 2.75) is 75.4 Å². The third-order valence-corrected chi connectivity index (χ3v) is 12.1. The summed E-state index contributed by atoms with van der Waals surface area (Å²) in [6.07, 6.45) is -2.77. The summed E-state index contributed by atoms with van der Waals surface area (Å²) in [4.78, 5) is 27.1. The smallest absolute Gasteiger partial charge is 0.417 e. The van der Waals surface area contributed by atoms with Crippen molar-refractivity contribution in [1.29, 1.82) is 5.26 Å². The molecule has 2 N–H and O–H groups in total. The third kappa shape index (κ3) is 5.34. The molecule has 0 spiro atoms. The number of aromatic nitrogens is 2. The molecule has 4 atom stereocenters. The van der Waals surface area contributed by atoms with Crippen molar-refractivity contribution in [2.24, 2.45) is 0 Å². The lowest BCUT2D eigenvalue weighted by Gasteiger charge is -2.32. The van der Waals surface area contributed by atoms with Crippen LogP contribution in [0.25, 0.3) is 32.1 Å². The van der Waals surface area contributed by atoms with Gasteiger partial charge >= 0.3 is 12.2 Å². The van der Waals surface area contributed by atoms with Crippen molar-refractivity contribution in [2.75, 3.05) is 43.4 Å². The number of likely N-dealkylation sites (N-methyl/N-ethyl adjacent to an activating group) is 1. The minimum absolute atomic E-state index is 0.00406. The van der Waals surface area contributed by atoms with Crippen LogP contribution in [0, 0.1) is 23.0 Å². The number of anilines is 2. The fourth-order valence-corrected chi connectivity index (χ4v) is 9.78. The van der Waals surface area contributed by atoms with E-state index in [9.17, 15) is 18.8 Å². The van der Waals surface area contributed by atoms with Gasteiger partial charge in [0.2, 0.25) is 5.91 Å². The molecule has 9 nitrogen and oxygen atoms in total. The molecular weight excluding hydrogens is 696 g/mol. The lowest BCUT2D eigenvalue weighted by atomic mass is 9.92. The van der Waals surface area contributed by atoms with E-state index < -0.39 is 46.2 Å². The number of alkyl halides is 4. The minimum atomic E-state index is -5.11. The van der Waals surface area contributed by atoms with E-state index in [1.165, 1.54) is 0 Å². The fraction of sp³-hybridized carbons (Fsp3) is 0.486. The Labute approximate surface area is 292 Å². The zero-order valence-electron chi connectivity index (χ0n) is 27.5. The zero-order valence-corrected chi connectivity index (χ0v) is 28.3. The highest BCUT2D eigenvalue weighted by Crippen LogP contribution is 2.49. The number of nitriles is 1. The SMILES string of the molecule is CCN(c1nc(OC[C@@]23CCCN2C[C@H](F)C3)nc2c(F)c(-c3ccc(F)c4sc(N)c(C#N)c34)c(C(F)(F)F)cc12)[C@@H]1C[C@@H]2CCC(=O)N2C1. The molecule has 268 valence electrons. The molecular formula is C35H33F6N7O2S. The molecule has 1 amide bonds. The second-order valence-corrected chi connectivity index (χ2v) is 14.9. The number of benzene rings is 2. The van der Waals surface area contributed by atoms with Crippen molar-refractivity contribution >= 4 is 49.1 Å². The average Bonchev–Trinajstić information content (AvgIpc) is 3.89. The topological polar surface area (TPSA) is 112 Å². The molecule has 2 aromatic heterocycles. The quantitative estimate of drug-likeness (QED) is 0.207. The predicted octanol–water partition coefficient (Wildman–Crippen LogP) is 6.81. The maximum absolute atomic E-state index is 17.2. The summed E-state index contributed by atoms with van der Waals surface area (Å²) in [6.45, 7) is 3.32. The van der Waals surface area contributed by atoms with Gasteiger partial charge < -0.3 is 20.3 Å². The van der Waals surface area contributed by atoms with Gasteiger partial charge in [-0.3, -0.25) is 9.69 Å². The van der Waals surface area contributed by atoms with E-state index in [4.69, 9.17) is 10.5 Å². The standard InChI is InChI=1S/C35H33F6N7O2S/c1-2-47(19-10-18-4-7-25(49)48(18)15-19)32-21-11-23(35(39,40)41)27(20-5-6-24(37)30-26(20)22(13-42)31(43)51-30)28(38)29(21)44-33(45-32)50-16-34-8-3-9-46(34)14-17(36)12-34/h5-6,11,17-19H,2-4,7-10,12,14-16,43H2,1H3/t17-,18+,19-,34+/m1/s1. The molecule has 2 aromatic carbocycles. The van der Waals surface area contributed by atoms with Crippen LogP contribution in [-0.2, 0) is 11.0 Å². The molecule has 4 aliphatic rings. The van der Waals surface area contributed by atoms with Crippen molar-refractivity contribution in [3.63, 3.8) is 0 Å². The van der Waals surface area contributed by atoms with E-state index in [0.717, 1.165) is 24.6 Å². The second kappa shape index (κ2) is 12.1. The summed E-state index contributed by atoms with van der Waals surface area (Å²) in [7, 11) is 0. The zero-order chi connectivity index (χ0) is 36.0. The number of hydrogen-bond acceptors (Lipinski definition) is 9. The number of fused-ring (bicyclic) bond motifs is 4. The fourth-order valence-electron chi connectivity index (χ4n) is 8.83. The molecule has 16 heteroatoms. The van der Waals surface area contributed by atoms with Gasteiger partial charge in [-0.2, -0.15) is 28.4 Å². The van der Waals surface area contributed by atoms with Gasteiger partial charge in [0.1, 0.15) is 41.0 Å². The van der Waals surface area contributed by atoms with Gasteiger partial charge in [0.25, 0.3) is 0 Å². The van der Waals surface area contributed by atoms with Crippen LogP contribution in [-0.4, -0.2) is 82.3 Å². The first-order chi connectivity index (χ1) is 24.3. The van der Waals surface area contributed by atoms with Gasteiger partial charge in [-0.1, -0.05) is 6.07 Å². The van der Waals surface area contributed by atoms with Crippen molar-refractivity contribution in [3.05, 3.63) is 41.0 Å². The number of halogens is 6. The molecule has 8 rings (SSSR count). The number of nitrogens with zero attached hydrogens (tertiary/aromatic N) is 6. The summed E-state index contributed by atoms with van der Waals surface area (Å²) >= 11 is 0.686. The number of amides is 1. The Kier molecular flexibility index (Phi) is 8.02. The van der Waals surface area contributed by atoms with Crippen LogP contribution in [0.5, 0.6) is 6.01 Å². The number of carbonyl (C=O) groups is 1. The molecule has 4 saturated heterocycles. The Hall–Kier alpha value is -4.36. The Bertz CT molecular complexity index is 2140. The molecule has 4 fully saturated rings. The first kappa shape index (κ1) is 33.8. The number of carbonyl (C=O) groups excluding carboxylic acids is 1. The largest absolute Gasteiger partial charge is 0.461 e. The number of ether oxygens (including phenoxy) is 1. The molecule has 4 aromatic rings. The second-order valence-electron chi connectivity index (χ2n) is 13.9. The van der Waals surface area contributed by atoms with Gasteiger partial charge in [-0.05, 0) is 56.8 Å². The number of nitrogens with two attached hydrogens (primary N) is 1. The maximum atomic E-state index is 17.2. The molecule has 4 aliphatic heterocycles. The monoisotopic (exact) mass is 729 g/mol. The minimum Gasteiger partial charge on any atom is -0.461 e. The van der Waals surface area contributed by atoms with Crippen molar-refractivity contribution in [3.8, 4) is 23.2 Å². The van der Waals surface area contributed by atoms with Crippen LogP contribution in [0.2, 0.25) is 0 Å². The van der Waals surface area contributed by atoms with Crippen LogP contribution in [0.3, 0.4) is 0 Å². The van der Waals surface area contributed by atoms with E-state index in [0.29, 0.717) is 50.1 Å². The van der Waals surface area contributed by atoms with Crippen LogP contribution in [0.1, 0.15) is 56.6 Å². The van der Waals surface area contributed by atoms with Crippen LogP contribution < -0.4 is 15.4 Å². The Morgan fingerprint density at radius 1 is 1.24 bits per heavy atom. The van der Waals surface area contributed by atoms with Crippen LogP contribution in [0.4, 0.5) is 37.2 Å². The number of rotatable bonds is 7. The normalized spacial score (nSPS) is 24.9. The van der Waals surface area contributed by atoms with Gasteiger partial charge in [0.15, 0.2) is 5.82 Å². The van der Waals surface area contributed by atoms with E-state index in [1.54, 1.807) is 16.7 Å². The first-order valence-electron chi connectivity index (χ1n) is 16.9. The number of hydrogen-bond donors (Lipinski definition) is 1. The number of thiophene rings is 1. The summed E-state index contributed by atoms with van der Waals surface area (Å²) in [5.74, 6) is -2.17. The van der Waals surface area contributed by atoms with Gasteiger partial charge in [-0.15, -0.1) is 11.3 Å². The highest BCUT2D eigenvalue weighted by Gasteiger charge is 2.50. The van der Waals surface area contributed by atoms with Gasteiger partial charge in [0, 0.05) is 60.9 Å². The van der Waals surface area contributed by atoms with E-state index in [-0.39, 0.29) is 87.5 Å². The van der Waals surface area contributed by atoms with E-state index in [1.807, 2.05) is 11.0 Å². The summed E-state index contributed by atoms with van der Waals surface area (Å²) in [5.41, 5.74) is 1.96. The van der Waals surface area contributed by atoms with Crippen LogP contribution in [0.15, 0.2) is 18.2 Å². The highest BCUT2D eigenvalue weighted by atomic mass is 32.1. The van der Waals surface area contributed by atoms with Gasteiger partial charge in [-0.25, -0.2) is 13.2 Å². The Morgan fingerprint density at radius 2 is 2.04 bits per heavy atom. The van der Waals surface area contributed by atoms with Gasteiger partial charge in [0.05, 0.1) is 21.4 Å². The Balaban J connectivity index is 1.34. The van der Waals surface area contributed by atoms with E-state index in [2.05, 4.69) is 9.97 Å². The number of nitrogen functional groups attached to an aromatic ring is 1. The molecule has 51 heavy (non-hydrogen) atoms. The lowest BCUT2D eigenvalue weighted by molar-refractivity contribution is -0.137. The summed E-state index contributed by atoms with van der Waals surface area (Å²) in [6, 6.07) is 3.89. The van der Waals surface area contributed by atoms with Crippen molar-refractivity contribution in [1.82, 2.24) is 19.8 Å². The third-order valence-electron chi connectivity index (χ3n) is 11.1. The maximum Gasteiger partial charge on any atom is 0.417 e. The van der Waals surface area contributed by atoms with E-state index >= 15 is 17.6 Å². The lowest BCUT2D eigenvalue weighted by Crippen LogP contribution is -2.43. The molecule has 6 heterocycles.